The Morgan fingerprint density at radius 1 is 0.795 bits per heavy atom. The van der Waals surface area contributed by atoms with Gasteiger partial charge in [-0.05, 0) is 73.4 Å². The van der Waals surface area contributed by atoms with Crippen molar-refractivity contribution in [2.75, 3.05) is 79.4 Å². The molecule has 26 heteroatoms. The quantitative estimate of drug-likeness (QED) is 0.0169. The highest BCUT2D eigenvalue weighted by molar-refractivity contribution is 6.16. The Bertz CT molecular complexity index is 2020. The summed E-state index contributed by atoms with van der Waals surface area (Å²) in [5.41, 5.74) is 3.70. The van der Waals surface area contributed by atoms with Crippen LogP contribution < -0.4 is 26.6 Å². The fourth-order valence-electron chi connectivity index (χ4n) is 8.09. The second-order valence-electron chi connectivity index (χ2n) is 17.6. The lowest BCUT2D eigenvalue weighted by atomic mass is 9.94. The molecule has 0 aliphatic carbocycles. The second kappa shape index (κ2) is 38.0. The number of aliphatic hydroxyl groups excluding tert-OH is 2. The summed E-state index contributed by atoms with van der Waals surface area (Å²) in [6.07, 6.45) is -8.10. The molecule has 7 amide bonds. The average Bonchev–Trinajstić information content (AvgIpc) is 3.37. The summed E-state index contributed by atoms with van der Waals surface area (Å²) in [5, 5.41) is 37.1. The molecule has 7 N–H and O–H groups in total. The minimum Gasteiger partial charge on any atom is -0.466 e. The first-order chi connectivity index (χ1) is 36.5. The van der Waals surface area contributed by atoms with Gasteiger partial charge in [-0.3, -0.25) is 24.3 Å². The van der Waals surface area contributed by atoms with Gasteiger partial charge in [-0.2, -0.15) is 0 Å². The van der Waals surface area contributed by atoms with E-state index in [1.165, 1.54) is 4.90 Å². The maximum atomic E-state index is 13.7. The van der Waals surface area contributed by atoms with Gasteiger partial charge >= 0.3 is 36.2 Å². The van der Waals surface area contributed by atoms with E-state index >= 15 is 0 Å². The fourth-order valence-corrected chi connectivity index (χ4v) is 8.09. The molecule has 3 saturated heterocycles. The minimum atomic E-state index is -1.53. The van der Waals surface area contributed by atoms with Gasteiger partial charge in [-0.25, -0.2) is 24.1 Å². The van der Waals surface area contributed by atoms with E-state index in [2.05, 4.69) is 43.9 Å². The van der Waals surface area contributed by atoms with Gasteiger partial charge in [0.05, 0.1) is 44.7 Å². The molecular weight excluding hydrogens is 1020 g/mol. The number of unbranched alkanes of at least 4 members (excludes halogenated alkanes) is 3. The lowest BCUT2D eigenvalue weighted by Crippen LogP contribution is -2.69. The van der Waals surface area contributed by atoms with Crippen LogP contribution in [-0.2, 0) is 57.0 Å². The zero-order valence-corrected chi connectivity index (χ0v) is 45.3. The van der Waals surface area contributed by atoms with Crippen LogP contribution in [0.3, 0.4) is 0 Å². The number of alkyl carbamates (subject to hydrolysis) is 2. The van der Waals surface area contributed by atoms with Crippen LogP contribution in [0.25, 0.3) is 0 Å². The number of allylic oxidation sites excluding steroid dienone is 1. The van der Waals surface area contributed by atoms with Crippen molar-refractivity contribution in [1.29, 1.82) is 0 Å². The van der Waals surface area contributed by atoms with Gasteiger partial charge in [0.1, 0.15) is 61.7 Å². The number of carbonyl (C=O) groups excluding carboxylic acids is 7. The van der Waals surface area contributed by atoms with Crippen molar-refractivity contribution in [1.82, 2.24) is 36.4 Å². The lowest BCUT2D eigenvalue weighted by Gasteiger charge is -2.48. The SMILES string of the molecule is C.C.C=C(C)C(=C=CN1C(=O)CC(=NCCCCCCNC(=O)NC2C(OC3C(COC(=O)NCC)OC(OCC)C(NC)C3O)OC(COC(=O)NCC)C(OCC)C2O)N(CCC(=O)OCC)C1=O)CC(=O)OCCC.[HH].[HH]. The van der Waals surface area contributed by atoms with Crippen LogP contribution in [0, 0.1) is 0 Å². The molecule has 10 unspecified atom stereocenters. The predicted octanol–water partition coefficient (Wildman–Crippen LogP) is 4.02. The average molecular weight is 1120 g/mol. The Morgan fingerprint density at radius 2 is 1.41 bits per heavy atom. The highest BCUT2D eigenvalue weighted by Gasteiger charge is 2.53. The molecule has 10 atom stereocenters. The van der Waals surface area contributed by atoms with E-state index in [0.717, 1.165) is 11.1 Å². The molecule has 0 bridgehead atoms. The zero-order valence-electron chi connectivity index (χ0n) is 45.3. The number of hydrogen-bond acceptors (Lipinski definition) is 20. The van der Waals surface area contributed by atoms with E-state index in [1.807, 2.05) is 6.92 Å². The van der Waals surface area contributed by atoms with Crippen LogP contribution in [0.1, 0.15) is 118 Å². The Labute approximate surface area is 462 Å². The van der Waals surface area contributed by atoms with Crippen molar-refractivity contribution in [3.8, 4) is 0 Å². The normalized spacial score (nSPS) is 24.3. The first-order valence-corrected chi connectivity index (χ1v) is 26.2. The van der Waals surface area contributed by atoms with E-state index in [9.17, 15) is 43.8 Å². The van der Waals surface area contributed by atoms with Crippen molar-refractivity contribution < 1.29 is 89.3 Å². The summed E-state index contributed by atoms with van der Waals surface area (Å²) in [7, 11) is 1.58. The largest absolute Gasteiger partial charge is 0.466 e. The van der Waals surface area contributed by atoms with E-state index < -0.39 is 117 Å². The van der Waals surface area contributed by atoms with Gasteiger partial charge in [0, 0.05) is 54.4 Å². The summed E-state index contributed by atoms with van der Waals surface area (Å²) in [6.45, 7) is 16.7. The van der Waals surface area contributed by atoms with Crippen molar-refractivity contribution >= 4 is 47.9 Å². The smallest absolute Gasteiger partial charge is 0.407 e. The van der Waals surface area contributed by atoms with Crippen LogP contribution in [0.4, 0.5) is 19.2 Å². The van der Waals surface area contributed by atoms with E-state index in [4.69, 9.17) is 42.6 Å². The summed E-state index contributed by atoms with van der Waals surface area (Å²) in [6, 6.07) is -3.67. The van der Waals surface area contributed by atoms with Gasteiger partial charge in [0.15, 0.2) is 12.6 Å². The number of amides is 7. The highest BCUT2D eigenvalue weighted by atomic mass is 16.7. The zero-order chi connectivity index (χ0) is 56.2. The molecule has 3 heterocycles. The third kappa shape index (κ3) is 22.6. The van der Waals surface area contributed by atoms with Gasteiger partial charge in [0.25, 0.3) is 0 Å². The first-order valence-electron chi connectivity index (χ1n) is 26.2. The number of hydrogen-bond donors (Lipinski definition) is 7. The topological polar surface area (TPSA) is 322 Å². The van der Waals surface area contributed by atoms with E-state index in [1.54, 1.807) is 48.6 Å². The van der Waals surface area contributed by atoms with Crippen molar-refractivity contribution in [2.45, 2.75) is 176 Å². The molecule has 3 fully saturated rings. The van der Waals surface area contributed by atoms with Gasteiger partial charge < -0.3 is 79.4 Å². The molecule has 78 heavy (non-hydrogen) atoms. The number of urea groups is 2. The maximum Gasteiger partial charge on any atom is 0.407 e. The van der Waals surface area contributed by atoms with Gasteiger partial charge in [0.2, 0.25) is 5.91 Å². The number of ether oxygens (including phenoxy) is 9. The summed E-state index contributed by atoms with van der Waals surface area (Å²) in [5.74, 6) is -1.44. The van der Waals surface area contributed by atoms with Crippen LogP contribution >= 0.6 is 0 Å². The summed E-state index contributed by atoms with van der Waals surface area (Å²) in [4.78, 5) is 96.6. The number of amidine groups is 1. The first kappa shape index (κ1) is 70.3. The molecule has 0 aromatic carbocycles. The third-order valence-corrected chi connectivity index (χ3v) is 11.9. The van der Waals surface area contributed by atoms with E-state index in [0.29, 0.717) is 43.3 Å². The van der Waals surface area contributed by atoms with Crippen molar-refractivity contribution in [3.63, 3.8) is 0 Å². The van der Waals surface area contributed by atoms with Crippen LogP contribution in [-0.4, -0.2) is 209 Å². The number of nitrogens with zero attached hydrogens (tertiary/aromatic N) is 3. The number of esters is 2. The molecule has 0 radical (unpaired) electrons. The maximum absolute atomic E-state index is 13.7. The van der Waals surface area contributed by atoms with Crippen LogP contribution in [0.15, 0.2) is 34.6 Å². The number of imide groups is 1. The lowest BCUT2D eigenvalue weighted by molar-refractivity contribution is -0.333. The Morgan fingerprint density at radius 3 is 2.00 bits per heavy atom. The predicted molar refractivity (Wildman–Crippen MR) is 290 cm³/mol. The molecule has 0 aromatic rings. The van der Waals surface area contributed by atoms with Crippen molar-refractivity contribution in [2.24, 2.45) is 4.99 Å². The number of rotatable bonds is 31. The highest BCUT2D eigenvalue weighted by Crippen LogP contribution is 2.31. The molecule has 0 saturated carbocycles. The van der Waals surface area contributed by atoms with Gasteiger partial charge in [-0.15, -0.1) is 0 Å². The summed E-state index contributed by atoms with van der Waals surface area (Å²) < 4.78 is 51.5. The molecule has 3 aliphatic rings. The minimum absolute atomic E-state index is 0. The molecule has 3 aliphatic heterocycles. The van der Waals surface area contributed by atoms with Crippen molar-refractivity contribution in [3.05, 3.63) is 29.7 Å². The molecule has 0 spiro atoms. The Balaban J connectivity index is 0. The number of carbonyl (C=O) groups is 7. The number of aliphatic imine (C=N–C) groups is 1. The van der Waals surface area contributed by atoms with E-state index in [-0.39, 0.29) is 102 Å². The number of nitrogens with one attached hydrogen (secondary N) is 5. The van der Waals surface area contributed by atoms with Crippen LogP contribution in [0.2, 0.25) is 0 Å². The number of aliphatic hydroxyl groups is 2. The molecule has 3 rings (SSSR count). The Hall–Kier alpha value is -5.70. The molecular formula is C52H94N8O18. The molecule has 0 aromatic heterocycles. The fraction of sp³-hybridized carbons (Fsp3) is 0.750. The molecule has 450 valence electrons. The summed E-state index contributed by atoms with van der Waals surface area (Å²) >= 11 is 0. The second-order valence-corrected chi connectivity index (χ2v) is 17.6. The van der Waals surface area contributed by atoms with Crippen LogP contribution in [0.5, 0.6) is 0 Å². The third-order valence-electron chi connectivity index (χ3n) is 11.9. The standard InChI is InChI=1S/C50H82N8O18.2CH4.2H2/c1-10-26-71-38(61)27-32(31(7)8)20-24-58-36(59)28-35(57(50(58)67)25-21-37(60)68-13-4)54-22-18-16-17-19-23-55-47(64)56-40-42(63)43(69-14-5)33(29-72-48(65)52-11-2)75-46(40)76-44-34(30-73-49(66)53-12-3)74-45(70-15-6)39(51-9)41(44)62;;;;/h24,33-34,39-46,51,62-63H,7,10-19,21-23,25-30H2,1-6,8-9H3,(H,52,65)(H,53,66)(H2,55,56,64);2*1H4;2*1H. The monoisotopic (exact) mass is 1120 g/mol. The Kier molecular flexibility index (Phi) is 34.3. The molecule has 26 nitrogen and oxygen atoms in total. The number of likely N-dealkylation sites (N-methyl/N-ethyl adjacent to an activating group) is 1. The van der Waals surface area contributed by atoms with Gasteiger partial charge in [-0.1, -0.05) is 46.9 Å².